The van der Waals surface area contributed by atoms with Crippen molar-refractivity contribution in [2.24, 2.45) is 29.1 Å². The van der Waals surface area contributed by atoms with E-state index in [9.17, 15) is 0 Å². The van der Waals surface area contributed by atoms with E-state index < -0.39 is 0 Å². The predicted octanol–water partition coefficient (Wildman–Crippen LogP) is 15.9. The minimum absolute atomic E-state index is 0.372. The fourth-order valence-electron chi connectivity index (χ4n) is 17.3. The first-order valence-corrected chi connectivity index (χ1v) is 24.7. The summed E-state index contributed by atoms with van der Waals surface area (Å²) in [5.41, 5.74) is 25.4. The molecule has 8 atom stereocenters. The Balaban J connectivity index is 0.957. The van der Waals surface area contributed by atoms with E-state index in [0.29, 0.717) is 17.3 Å². The van der Waals surface area contributed by atoms with Crippen molar-refractivity contribution >= 4 is 17.1 Å². The number of hydrogen-bond acceptors (Lipinski definition) is 1. The van der Waals surface area contributed by atoms with Gasteiger partial charge in [-0.1, -0.05) is 115 Å². The van der Waals surface area contributed by atoms with E-state index in [1.807, 2.05) is 0 Å². The number of rotatable bonds is 4. The van der Waals surface area contributed by atoms with Crippen LogP contribution in [0.25, 0.3) is 33.4 Å². The Kier molecular flexibility index (Phi) is 6.69. The Bertz CT molecular complexity index is 3070. The largest absolute Gasteiger partial charge is 0.310 e. The summed E-state index contributed by atoms with van der Waals surface area (Å²) in [7, 11) is 0. The number of hydrogen-bond donors (Lipinski definition) is 0. The van der Waals surface area contributed by atoms with Crippen molar-refractivity contribution < 1.29 is 0 Å². The first-order chi connectivity index (χ1) is 31.1. The van der Waals surface area contributed by atoms with Crippen LogP contribution in [0.1, 0.15) is 132 Å². The number of para-hydroxylation sites is 1. The average Bonchev–Trinajstić information content (AvgIpc) is 3.93. The molecule has 7 bridgehead atoms. The van der Waals surface area contributed by atoms with E-state index in [1.54, 1.807) is 44.5 Å². The molecule has 306 valence electrons. The summed E-state index contributed by atoms with van der Waals surface area (Å²) >= 11 is 0. The highest BCUT2D eigenvalue weighted by Crippen LogP contribution is 2.77. The highest BCUT2D eigenvalue weighted by atomic mass is 15.1. The third kappa shape index (κ3) is 4.40. The maximum Gasteiger partial charge on any atom is 0.0726 e. The van der Waals surface area contributed by atoms with Gasteiger partial charge in [-0.25, -0.2) is 0 Å². The van der Waals surface area contributed by atoms with E-state index in [2.05, 4.69) is 157 Å². The summed E-state index contributed by atoms with van der Waals surface area (Å²) in [4.78, 5) is 2.51. The van der Waals surface area contributed by atoms with Crippen LogP contribution in [0.2, 0.25) is 0 Å². The maximum absolute atomic E-state index is 2.86. The summed E-state index contributed by atoms with van der Waals surface area (Å²) in [6, 6.07) is 59.7. The third-order valence-corrected chi connectivity index (χ3v) is 19.6. The van der Waals surface area contributed by atoms with Gasteiger partial charge in [0.1, 0.15) is 0 Å². The van der Waals surface area contributed by atoms with Gasteiger partial charge in [0.25, 0.3) is 0 Å². The number of nitrogens with zero attached hydrogens (tertiary/aromatic N) is 1. The van der Waals surface area contributed by atoms with Gasteiger partial charge in [0.05, 0.1) is 5.41 Å². The van der Waals surface area contributed by atoms with Gasteiger partial charge in [-0.15, -0.1) is 0 Å². The standard InChI is InChI=1S/C62H53N/c1-3-9-38(10-4-1)39-15-17-47(18-16-39)63(46-11-5-2-6-12-46)48-19-20-50-49-13-7-8-14-57(49)62(58(50)29-48)59-32-53-41-24-36-21-37(25-41)23-40(22-36)51(53)30-55(59)56-31-52-42-26-44-28-45-27-43(35-61(44,45)34-42)54(52)33-60(56)62/h1-20,29-33,36-37,40-45H,21-28,34-35H2. The van der Waals surface area contributed by atoms with Crippen LogP contribution in [0, 0.1) is 29.1 Å². The van der Waals surface area contributed by atoms with E-state index in [0.717, 1.165) is 35.5 Å². The van der Waals surface area contributed by atoms with Gasteiger partial charge >= 0.3 is 0 Å². The molecule has 1 nitrogen and oxygen atoms in total. The van der Waals surface area contributed by atoms with E-state index in [-0.39, 0.29) is 5.41 Å². The van der Waals surface area contributed by atoms with Gasteiger partial charge in [0.2, 0.25) is 0 Å². The lowest BCUT2D eigenvalue weighted by Crippen LogP contribution is -2.41. The molecule has 0 amide bonds. The van der Waals surface area contributed by atoms with Gasteiger partial charge in [0, 0.05) is 17.1 Å². The fourth-order valence-corrected chi connectivity index (χ4v) is 17.3. The second kappa shape index (κ2) is 12.1. The van der Waals surface area contributed by atoms with Crippen LogP contribution in [-0.4, -0.2) is 0 Å². The molecular formula is C62H53N. The molecule has 0 aromatic heterocycles. The van der Waals surface area contributed by atoms with E-state index >= 15 is 0 Å². The fraction of sp³-hybridized carbons (Fsp3) is 0.323. The molecule has 7 aromatic rings. The van der Waals surface area contributed by atoms with Crippen LogP contribution in [0.5, 0.6) is 0 Å². The molecule has 0 saturated heterocycles. The molecule has 2 spiro atoms. The SMILES string of the molecule is c1ccc(-c2ccc(N(c3ccccc3)c3ccc4c(c3)C3(c5ccccc5-4)c4cc5c(cc4-c4cc6c(cc43)C3CC4CC7CC6CC74C3)C3CC4CC(C3)CC5C4)cc2)cc1. The Morgan fingerprint density at radius 2 is 0.857 bits per heavy atom. The summed E-state index contributed by atoms with van der Waals surface area (Å²) in [5.74, 6) is 6.63. The molecule has 10 aliphatic carbocycles. The van der Waals surface area contributed by atoms with Crippen molar-refractivity contribution in [1.29, 1.82) is 0 Å². The van der Waals surface area contributed by atoms with E-state index in [1.165, 1.54) is 115 Å². The molecule has 10 aliphatic rings. The van der Waals surface area contributed by atoms with Crippen LogP contribution >= 0.6 is 0 Å². The molecule has 0 radical (unpaired) electrons. The minimum atomic E-state index is -0.372. The molecule has 63 heavy (non-hydrogen) atoms. The van der Waals surface area contributed by atoms with Crippen molar-refractivity contribution in [3.05, 3.63) is 196 Å². The molecule has 7 aromatic carbocycles. The van der Waals surface area contributed by atoms with Gasteiger partial charge in [-0.05, 0) is 231 Å². The third-order valence-electron chi connectivity index (χ3n) is 19.6. The highest BCUT2D eigenvalue weighted by molar-refractivity contribution is 5.97. The minimum Gasteiger partial charge on any atom is -0.310 e. The quantitative estimate of drug-likeness (QED) is 0.171. The lowest BCUT2D eigenvalue weighted by Gasteiger charge is -2.48. The zero-order chi connectivity index (χ0) is 40.8. The van der Waals surface area contributed by atoms with Crippen molar-refractivity contribution in [2.75, 3.05) is 4.90 Å². The predicted molar refractivity (Wildman–Crippen MR) is 256 cm³/mol. The second-order valence-electron chi connectivity index (χ2n) is 22.1. The first-order valence-electron chi connectivity index (χ1n) is 24.7. The van der Waals surface area contributed by atoms with Crippen molar-refractivity contribution in [2.45, 2.75) is 93.3 Å². The zero-order valence-corrected chi connectivity index (χ0v) is 36.1. The lowest BCUT2D eigenvalue weighted by molar-refractivity contribution is 0.00322. The Labute approximate surface area is 372 Å². The monoisotopic (exact) mass is 811 g/mol. The molecular weight excluding hydrogens is 759 g/mol. The van der Waals surface area contributed by atoms with Crippen molar-refractivity contribution in [3.8, 4) is 33.4 Å². The Morgan fingerprint density at radius 1 is 0.349 bits per heavy atom. The first kappa shape index (κ1) is 34.8. The Morgan fingerprint density at radius 3 is 1.54 bits per heavy atom. The Hall–Kier alpha value is -5.66. The maximum atomic E-state index is 2.86. The van der Waals surface area contributed by atoms with Gasteiger partial charge in [-0.3, -0.25) is 0 Å². The second-order valence-corrected chi connectivity index (χ2v) is 22.1. The van der Waals surface area contributed by atoms with Crippen LogP contribution < -0.4 is 4.90 Å². The highest BCUT2D eigenvalue weighted by Gasteiger charge is 2.66. The molecule has 0 heterocycles. The van der Waals surface area contributed by atoms with E-state index in [4.69, 9.17) is 0 Å². The molecule has 5 saturated carbocycles. The zero-order valence-electron chi connectivity index (χ0n) is 36.1. The number of fused-ring (bicyclic) bond motifs is 15. The summed E-state index contributed by atoms with van der Waals surface area (Å²) < 4.78 is 0. The molecule has 0 aliphatic heterocycles. The number of anilines is 3. The number of benzene rings is 7. The van der Waals surface area contributed by atoms with Crippen LogP contribution in [0.3, 0.4) is 0 Å². The van der Waals surface area contributed by atoms with Crippen LogP contribution in [0.15, 0.2) is 152 Å². The normalized spacial score (nSPS) is 31.9. The smallest absolute Gasteiger partial charge is 0.0726 e. The molecule has 0 N–H and O–H groups in total. The molecule has 8 unspecified atom stereocenters. The van der Waals surface area contributed by atoms with Gasteiger partial charge < -0.3 is 4.90 Å². The summed E-state index contributed by atoms with van der Waals surface area (Å²) in [6.45, 7) is 0. The van der Waals surface area contributed by atoms with Crippen LogP contribution in [0.4, 0.5) is 17.1 Å². The van der Waals surface area contributed by atoms with Crippen molar-refractivity contribution in [3.63, 3.8) is 0 Å². The van der Waals surface area contributed by atoms with Crippen LogP contribution in [-0.2, 0) is 5.41 Å². The topological polar surface area (TPSA) is 3.24 Å². The van der Waals surface area contributed by atoms with Crippen molar-refractivity contribution in [1.82, 2.24) is 0 Å². The molecule has 5 fully saturated rings. The average molecular weight is 812 g/mol. The summed E-state index contributed by atoms with van der Waals surface area (Å²) in [6.07, 6.45) is 14.3. The molecule has 1 heteroatoms. The lowest BCUT2D eigenvalue weighted by atomic mass is 9.56. The van der Waals surface area contributed by atoms with Gasteiger partial charge in [-0.2, -0.15) is 0 Å². The van der Waals surface area contributed by atoms with Gasteiger partial charge in [0.15, 0.2) is 0 Å². The summed E-state index contributed by atoms with van der Waals surface area (Å²) in [5, 5.41) is 0. The molecule has 17 rings (SSSR count).